The molecule has 1 heterocycles. The van der Waals surface area contributed by atoms with Gasteiger partial charge in [-0.3, -0.25) is 4.79 Å². The summed E-state index contributed by atoms with van der Waals surface area (Å²) in [6, 6.07) is 4.14. The number of nitrogens with one attached hydrogen (secondary N) is 1. The number of carbonyl (C=O) groups is 3. The van der Waals surface area contributed by atoms with Gasteiger partial charge in [0.1, 0.15) is 0 Å². The molecule has 0 fully saturated rings. The van der Waals surface area contributed by atoms with Gasteiger partial charge in [0.05, 0.1) is 36.8 Å². The summed E-state index contributed by atoms with van der Waals surface area (Å²) in [5, 5.41) is 13.9. The molecule has 2 aromatic rings. The maximum Gasteiger partial charge on any atom is 0.339 e. The molecule has 10 nitrogen and oxygen atoms in total. The summed E-state index contributed by atoms with van der Waals surface area (Å²) in [7, 11) is 4.11. The number of esters is 2. The first-order valence-corrected chi connectivity index (χ1v) is 7.90. The van der Waals surface area contributed by atoms with Crippen molar-refractivity contribution < 1.29 is 23.9 Å². The minimum atomic E-state index is -0.642. The minimum Gasteiger partial charge on any atom is -0.465 e. The minimum absolute atomic E-state index is 0.0112. The van der Waals surface area contributed by atoms with Crippen molar-refractivity contribution in [2.24, 2.45) is 7.05 Å². The number of nitrogens with zero attached hydrogens (tertiary/aromatic N) is 4. The number of aryl methyl sites for hydroxylation is 1. The van der Waals surface area contributed by atoms with Crippen LogP contribution in [0.25, 0.3) is 0 Å². The zero-order chi connectivity index (χ0) is 18.4. The molecule has 1 amide bonds. The van der Waals surface area contributed by atoms with Crippen LogP contribution in [0.1, 0.15) is 20.7 Å². The van der Waals surface area contributed by atoms with Crippen molar-refractivity contribution in [3.05, 3.63) is 29.3 Å². The molecule has 0 aliphatic heterocycles. The number of rotatable bonds is 6. The largest absolute Gasteiger partial charge is 0.465 e. The SMILES string of the molecule is COC(=O)c1ccc(C(=O)OC)c(NC(=O)CSc2nnnn2C)c1. The van der Waals surface area contributed by atoms with Gasteiger partial charge in [-0.15, -0.1) is 5.10 Å². The standard InChI is InChI=1S/C14H15N5O5S/c1-19-14(16-17-18-19)25-7-11(20)15-10-6-8(12(21)23-2)4-5-9(10)13(22)24-3/h4-6H,7H2,1-3H3,(H,15,20). The van der Waals surface area contributed by atoms with Gasteiger partial charge in [0, 0.05) is 7.05 Å². The predicted octanol–water partition coefficient (Wildman–Crippen LogP) is 0.514. The van der Waals surface area contributed by atoms with Crippen LogP contribution in [0.2, 0.25) is 0 Å². The molecule has 25 heavy (non-hydrogen) atoms. The summed E-state index contributed by atoms with van der Waals surface area (Å²) in [5.41, 5.74) is 0.459. The van der Waals surface area contributed by atoms with Gasteiger partial charge in [0.15, 0.2) is 0 Å². The summed E-state index contributed by atoms with van der Waals surface area (Å²) in [6.45, 7) is 0. The normalized spacial score (nSPS) is 10.2. The van der Waals surface area contributed by atoms with Crippen LogP contribution in [0, 0.1) is 0 Å². The number of methoxy groups -OCH3 is 2. The Labute approximate surface area is 146 Å². The number of aromatic nitrogens is 4. The Morgan fingerprint density at radius 2 is 1.92 bits per heavy atom. The lowest BCUT2D eigenvalue weighted by Crippen LogP contribution is -2.18. The monoisotopic (exact) mass is 365 g/mol. The average Bonchev–Trinajstić information content (AvgIpc) is 3.03. The second-order valence-electron chi connectivity index (χ2n) is 4.67. The Bertz CT molecular complexity index is 807. The van der Waals surface area contributed by atoms with Crippen LogP contribution in [0.5, 0.6) is 0 Å². The number of ether oxygens (including phenoxy) is 2. The van der Waals surface area contributed by atoms with Crippen LogP contribution >= 0.6 is 11.8 Å². The summed E-state index contributed by atoms with van der Waals surface area (Å²) >= 11 is 1.12. The van der Waals surface area contributed by atoms with E-state index >= 15 is 0 Å². The van der Waals surface area contributed by atoms with Crippen LogP contribution in [0.4, 0.5) is 5.69 Å². The third kappa shape index (κ3) is 4.53. The fraction of sp³-hybridized carbons (Fsp3) is 0.286. The average molecular weight is 365 g/mol. The van der Waals surface area contributed by atoms with Crippen molar-refractivity contribution in [3.8, 4) is 0 Å². The van der Waals surface area contributed by atoms with E-state index in [9.17, 15) is 14.4 Å². The Kier molecular flexibility index (Phi) is 6.06. The number of tetrazole rings is 1. The van der Waals surface area contributed by atoms with E-state index in [0.717, 1.165) is 11.8 Å². The van der Waals surface area contributed by atoms with Crippen LogP contribution in [0.15, 0.2) is 23.4 Å². The quantitative estimate of drug-likeness (QED) is 0.576. The fourth-order valence-electron chi connectivity index (χ4n) is 1.84. The molecular formula is C14H15N5O5S. The molecule has 132 valence electrons. The van der Waals surface area contributed by atoms with Crippen molar-refractivity contribution in [3.63, 3.8) is 0 Å². The van der Waals surface area contributed by atoms with E-state index in [2.05, 4.69) is 30.3 Å². The number of carbonyl (C=O) groups excluding carboxylic acids is 3. The van der Waals surface area contributed by atoms with Crippen molar-refractivity contribution >= 4 is 35.3 Å². The van der Waals surface area contributed by atoms with E-state index in [0.29, 0.717) is 5.16 Å². The highest BCUT2D eigenvalue weighted by molar-refractivity contribution is 7.99. The molecule has 0 unspecified atom stereocenters. The van der Waals surface area contributed by atoms with E-state index in [1.54, 1.807) is 7.05 Å². The molecule has 0 spiro atoms. The first kappa shape index (κ1) is 18.4. The first-order valence-electron chi connectivity index (χ1n) is 6.92. The van der Waals surface area contributed by atoms with Gasteiger partial charge in [0.25, 0.3) is 0 Å². The van der Waals surface area contributed by atoms with Crippen molar-refractivity contribution in [1.29, 1.82) is 0 Å². The maximum atomic E-state index is 12.2. The molecule has 11 heteroatoms. The molecular weight excluding hydrogens is 350 g/mol. The van der Waals surface area contributed by atoms with Gasteiger partial charge in [-0.25, -0.2) is 14.3 Å². The van der Waals surface area contributed by atoms with E-state index < -0.39 is 17.8 Å². The third-order valence-corrected chi connectivity index (χ3v) is 4.04. The number of amides is 1. The second kappa shape index (κ2) is 8.24. The summed E-state index contributed by atoms with van der Waals surface area (Å²) in [4.78, 5) is 35.6. The predicted molar refractivity (Wildman–Crippen MR) is 87.3 cm³/mol. The molecule has 1 aromatic heterocycles. The number of anilines is 1. The number of hydrogen-bond donors (Lipinski definition) is 1. The molecule has 1 aromatic carbocycles. The number of thioether (sulfide) groups is 1. The zero-order valence-electron chi connectivity index (χ0n) is 13.7. The molecule has 1 N–H and O–H groups in total. The van der Waals surface area contributed by atoms with Crippen LogP contribution in [0.3, 0.4) is 0 Å². The van der Waals surface area contributed by atoms with Crippen molar-refractivity contribution in [2.75, 3.05) is 25.3 Å². The topological polar surface area (TPSA) is 125 Å². The van der Waals surface area contributed by atoms with Gasteiger partial charge in [-0.2, -0.15) is 0 Å². The van der Waals surface area contributed by atoms with Gasteiger partial charge < -0.3 is 14.8 Å². The molecule has 0 aliphatic rings. The molecule has 2 rings (SSSR count). The smallest absolute Gasteiger partial charge is 0.339 e. The third-order valence-electron chi connectivity index (χ3n) is 3.03. The summed E-state index contributed by atoms with van der Waals surface area (Å²) < 4.78 is 10.7. The second-order valence-corrected chi connectivity index (χ2v) is 5.61. The van der Waals surface area contributed by atoms with Crippen molar-refractivity contribution in [1.82, 2.24) is 20.2 Å². The van der Waals surface area contributed by atoms with Crippen molar-refractivity contribution in [2.45, 2.75) is 5.16 Å². The Balaban J connectivity index is 2.17. The lowest BCUT2D eigenvalue weighted by Gasteiger charge is -2.11. The van der Waals surface area contributed by atoms with Crippen LogP contribution < -0.4 is 5.32 Å². The van der Waals surface area contributed by atoms with E-state index in [-0.39, 0.29) is 22.6 Å². The highest BCUT2D eigenvalue weighted by atomic mass is 32.2. The zero-order valence-corrected chi connectivity index (χ0v) is 14.5. The lowest BCUT2D eigenvalue weighted by molar-refractivity contribution is -0.113. The highest BCUT2D eigenvalue weighted by Gasteiger charge is 2.18. The van der Waals surface area contributed by atoms with E-state index in [4.69, 9.17) is 0 Å². The van der Waals surface area contributed by atoms with Gasteiger partial charge in [-0.1, -0.05) is 11.8 Å². The molecule has 0 bridgehead atoms. The Hall–Kier alpha value is -2.95. The van der Waals surface area contributed by atoms with Gasteiger partial charge in [-0.05, 0) is 28.6 Å². The molecule has 0 radical (unpaired) electrons. The Morgan fingerprint density at radius 1 is 1.20 bits per heavy atom. The van der Waals surface area contributed by atoms with Gasteiger partial charge in [0.2, 0.25) is 11.1 Å². The number of benzene rings is 1. The Morgan fingerprint density at radius 3 is 2.52 bits per heavy atom. The van der Waals surface area contributed by atoms with E-state index in [1.165, 1.54) is 37.1 Å². The molecule has 0 aliphatic carbocycles. The maximum absolute atomic E-state index is 12.2. The van der Waals surface area contributed by atoms with E-state index in [1.807, 2.05) is 0 Å². The lowest BCUT2D eigenvalue weighted by atomic mass is 10.1. The first-order chi connectivity index (χ1) is 12.0. The van der Waals surface area contributed by atoms with Gasteiger partial charge >= 0.3 is 11.9 Å². The van der Waals surface area contributed by atoms with Crippen LogP contribution in [-0.2, 0) is 21.3 Å². The molecule has 0 saturated heterocycles. The summed E-state index contributed by atoms with van der Waals surface area (Å²) in [6.07, 6.45) is 0. The molecule has 0 atom stereocenters. The highest BCUT2D eigenvalue weighted by Crippen LogP contribution is 2.21. The number of hydrogen-bond acceptors (Lipinski definition) is 9. The molecule has 0 saturated carbocycles. The fourth-order valence-corrected chi connectivity index (χ4v) is 2.49. The van der Waals surface area contributed by atoms with Crippen LogP contribution in [-0.4, -0.2) is 58.0 Å². The summed E-state index contributed by atoms with van der Waals surface area (Å²) in [5.74, 6) is -1.62.